The molecule has 86 valence electrons. The molecule has 16 heavy (non-hydrogen) atoms. The Balaban J connectivity index is 2.91. The van der Waals surface area contributed by atoms with Crippen molar-refractivity contribution < 1.29 is 1.41 Å². The van der Waals surface area contributed by atoms with Crippen LogP contribution in [0.15, 0.2) is 23.3 Å². The second kappa shape index (κ2) is 6.13. The fraction of sp³-hybridized carbons (Fsp3) is 0.200. The van der Waals surface area contributed by atoms with Gasteiger partial charge in [-0.1, -0.05) is 41.0 Å². The van der Waals surface area contributed by atoms with Crippen LogP contribution in [0.1, 0.15) is 5.56 Å². The van der Waals surface area contributed by atoms with Gasteiger partial charge in [-0.05, 0) is 18.4 Å². The number of benzene rings is 1. The van der Waals surface area contributed by atoms with Crippen LogP contribution in [-0.4, -0.2) is 29.7 Å². The maximum Gasteiger partial charge on any atom is 0.190 e. The quantitative estimate of drug-likeness (QED) is 0.509. The Morgan fingerprint density at radius 3 is 2.69 bits per heavy atom. The molecule has 1 rings (SSSR count). The highest BCUT2D eigenvalue weighted by atomic mass is 35.5. The highest BCUT2D eigenvalue weighted by Crippen LogP contribution is 2.22. The van der Waals surface area contributed by atoms with Crippen molar-refractivity contribution in [1.29, 1.82) is 5.40 Å². The number of hydrogen-bond acceptors (Lipinski definition) is 3. The Hall–Kier alpha value is -0.710. The van der Waals surface area contributed by atoms with Gasteiger partial charge in [-0.2, -0.15) is 5.10 Å². The zero-order chi connectivity index (χ0) is 12.8. The van der Waals surface area contributed by atoms with Crippen molar-refractivity contribution in [2.45, 2.75) is 0 Å². The summed E-state index contributed by atoms with van der Waals surface area (Å²) in [6.45, 7) is 0. The van der Waals surface area contributed by atoms with Crippen LogP contribution >= 0.6 is 35.0 Å². The molecule has 1 aromatic rings. The van der Waals surface area contributed by atoms with Crippen LogP contribution in [0.3, 0.4) is 0 Å². The summed E-state index contributed by atoms with van der Waals surface area (Å²) in [5.41, 5.74) is 0.646. The van der Waals surface area contributed by atoms with Gasteiger partial charge in [0.1, 0.15) is 0 Å². The first-order valence-electron chi connectivity index (χ1n) is 4.82. The van der Waals surface area contributed by atoms with Crippen molar-refractivity contribution in [3.05, 3.63) is 33.8 Å². The molecule has 0 aromatic heterocycles. The topological polar surface area (TPSA) is 39.5 Å². The van der Waals surface area contributed by atoms with Crippen LogP contribution in [-0.2, 0) is 0 Å². The molecule has 0 heterocycles. The number of amidine groups is 1. The molecule has 0 saturated heterocycles. The number of nitrogens with one attached hydrogen (secondary N) is 1. The largest absolute Gasteiger partial charge is 0.277 e. The van der Waals surface area contributed by atoms with Crippen molar-refractivity contribution in [3.63, 3.8) is 0 Å². The van der Waals surface area contributed by atoms with Gasteiger partial charge in [-0.15, -0.1) is 0 Å². The van der Waals surface area contributed by atoms with E-state index in [0.29, 0.717) is 20.8 Å². The van der Waals surface area contributed by atoms with E-state index in [0.717, 1.165) is 0 Å². The second-order valence-corrected chi connectivity index (χ2v) is 4.48. The molecule has 0 spiro atoms. The minimum Gasteiger partial charge on any atom is -0.277 e. The molecule has 0 aliphatic rings. The Kier molecular flexibility index (Phi) is 4.51. The third-order valence-corrected chi connectivity index (χ3v) is 3.11. The SMILES string of the molecule is [H]/N=C(/SC)N(C)N=Cc1c(Cl)cccc1Cl. The predicted octanol–water partition coefficient (Wildman–Crippen LogP) is 3.56. The van der Waals surface area contributed by atoms with E-state index in [4.69, 9.17) is 24.6 Å². The normalized spacial score (nSPS) is 13.0. The van der Waals surface area contributed by atoms with E-state index in [1.807, 2.05) is 6.26 Å². The van der Waals surface area contributed by atoms with Gasteiger partial charge in [0.2, 0.25) is 0 Å². The van der Waals surface area contributed by atoms with Crippen molar-refractivity contribution in [1.82, 2.24) is 5.01 Å². The summed E-state index contributed by atoms with van der Waals surface area (Å²) in [5, 5.41) is 10.5. The minimum atomic E-state index is 0.476. The van der Waals surface area contributed by atoms with Gasteiger partial charge < -0.3 is 0 Å². The van der Waals surface area contributed by atoms with Crippen molar-refractivity contribution in [2.24, 2.45) is 5.10 Å². The standard InChI is InChI=1S/C10H11Cl2N3S/c1-15(10(13)16-2)14-6-7-8(11)4-3-5-9(7)12/h3-6,13H,1-2H3/b13-10+,14-6?. The Morgan fingerprint density at radius 1 is 1.56 bits per heavy atom. The molecule has 0 saturated carbocycles. The highest BCUT2D eigenvalue weighted by Gasteiger charge is 2.03. The van der Waals surface area contributed by atoms with Gasteiger partial charge in [0.15, 0.2) is 6.58 Å². The summed E-state index contributed by atoms with van der Waals surface area (Å²) >= 11 is 13.3. The van der Waals surface area contributed by atoms with Crippen LogP contribution in [0.5, 0.6) is 0 Å². The lowest BCUT2D eigenvalue weighted by atomic mass is 10.2. The zero-order valence-electron chi connectivity index (χ0n) is 9.82. The number of nitrogens with zero attached hydrogens (tertiary/aromatic N) is 2. The lowest BCUT2D eigenvalue weighted by molar-refractivity contribution is 0.556. The summed E-state index contributed by atoms with van der Waals surface area (Å²) in [5.74, 6) is 0. The summed E-state index contributed by atoms with van der Waals surface area (Å²) in [7, 11) is 1.70. The third kappa shape index (κ3) is 3.40. The van der Waals surface area contributed by atoms with E-state index in [2.05, 4.69) is 10.5 Å². The summed E-state index contributed by atoms with van der Waals surface area (Å²) in [6, 6.07) is 5.25. The number of thioether (sulfide) groups is 1. The molecule has 0 radical (unpaired) electrons. The second-order valence-electron chi connectivity index (χ2n) is 2.89. The molecule has 1 N–H and O–H groups in total. The molecule has 0 atom stereocenters. The number of hydrogen-bond donors (Lipinski definition) is 1. The van der Waals surface area contributed by atoms with Gasteiger partial charge in [0, 0.05) is 12.6 Å². The van der Waals surface area contributed by atoms with Gasteiger partial charge in [0.25, 0.3) is 0 Å². The van der Waals surface area contributed by atoms with Crippen molar-refractivity contribution in [2.75, 3.05) is 13.3 Å². The van der Waals surface area contributed by atoms with E-state index in [-0.39, 0.29) is 0 Å². The van der Waals surface area contributed by atoms with Gasteiger partial charge in [-0.3, -0.25) is 5.40 Å². The molecule has 1 aromatic carbocycles. The Bertz CT molecular complexity index is 431. The summed E-state index contributed by atoms with van der Waals surface area (Å²) in [4.78, 5) is 0. The van der Waals surface area contributed by atoms with E-state index in [9.17, 15) is 0 Å². The molecule has 0 fully saturated rings. The molecule has 0 bridgehead atoms. The van der Waals surface area contributed by atoms with E-state index < -0.39 is 0 Å². The molecular weight excluding hydrogens is 265 g/mol. The fourth-order valence-corrected chi connectivity index (χ4v) is 1.77. The van der Waals surface area contributed by atoms with Crippen molar-refractivity contribution >= 4 is 46.3 Å². The molecule has 3 nitrogen and oxygen atoms in total. The number of rotatable bonds is 2. The number of hydrazone groups is 1. The van der Waals surface area contributed by atoms with Crippen molar-refractivity contribution in [3.8, 4) is 0 Å². The maximum atomic E-state index is 6.96. The van der Waals surface area contributed by atoms with Crippen LogP contribution in [0.25, 0.3) is 0 Å². The zero-order valence-corrected chi connectivity index (χ0v) is 11.1. The van der Waals surface area contributed by atoms with E-state index in [1.165, 1.54) is 16.8 Å². The molecule has 6 heteroatoms. The van der Waals surface area contributed by atoms with Crippen LogP contribution in [0.2, 0.25) is 11.5 Å². The molecule has 0 unspecified atom stereocenters. The average molecular weight is 276 g/mol. The fourth-order valence-electron chi connectivity index (χ4n) is 0.960. The molecule has 0 aliphatic heterocycles. The summed E-state index contributed by atoms with van der Waals surface area (Å²) in [6.07, 6.45) is 3.37. The van der Waals surface area contributed by atoms with E-state index >= 15 is 0 Å². The molecular formula is C10H11Cl2N3S. The van der Waals surface area contributed by atoms with Gasteiger partial charge >= 0.3 is 0 Å². The monoisotopic (exact) mass is 275 g/mol. The first-order valence-corrected chi connectivity index (χ1v) is 6.36. The lowest BCUT2D eigenvalue weighted by Gasteiger charge is -2.11. The predicted molar refractivity (Wildman–Crippen MR) is 73.1 cm³/mol. The third-order valence-electron chi connectivity index (χ3n) is 1.82. The lowest BCUT2D eigenvalue weighted by Crippen LogP contribution is -2.16. The van der Waals surface area contributed by atoms with Crippen LogP contribution < -0.4 is 0 Å². The Morgan fingerprint density at radius 2 is 2.19 bits per heavy atom. The smallest absolute Gasteiger partial charge is 0.190 e. The van der Waals surface area contributed by atoms with Gasteiger partial charge in [0.05, 0.1) is 16.3 Å². The van der Waals surface area contributed by atoms with Gasteiger partial charge in [-0.25, -0.2) is 5.01 Å². The first-order chi connectivity index (χ1) is 8.10. The minimum absolute atomic E-state index is 0.476. The Labute approximate surface area is 110 Å². The first kappa shape index (κ1) is 11.8. The van der Waals surface area contributed by atoms with Crippen LogP contribution in [0.4, 0.5) is 0 Å². The molecule has 0 amide bonds. The van der Waals surface area contributed by atoms with Crippen LogP contribution in [0, 0.1) is 5.40 Å². The molecule has 0 aliphatic carbocycles. The number of halogens is 2. The van der Waals surface area contributed by atoms with E-state index in [1.54, 1.807) is 31.5 Å². The average Bonchev–Trinajstić information content (AvgIpc) is 2.30. The summed E-state index contributed by atoms with van der Waals surface area (Å²) < 4.78 is 6.96. The maximum absolute atomic E-state index is 6.96. The highest BCUT2D eigenvalue weighted by molar-refractivity contribution is 8.13.